The van der Waals surface area contributed by atoms with Gasteiger partial charge in [0.15, 0.2) is 6.61 Å². The highest BCUT2D eigenvalue weighted by molar-refractivity contribution is 7.99. The Hall–Kier alpha value is -2.38. The molecule has 0 heterocycles. The maximum Gasteiger partial charge on any atom is 0.342 e. The van der Waals surface area contributed by atoms with E-state index in [1.807, 2.05) is 30.3 Å². The van der Waals surface area contributed by atoms with Crippen LogP contribution in [0.3, 0.4) is 0 Å². The molecule has 0 aromatic heterocycles. The van der Waals surface area contributed by atoms with Gasteiger partial charge in [0, 0.05) is 23.3 Å². The van der Waals surface area contributed by atoms with Crippen LogP contribution in [-0.2, 0) is 9.53 Å². The summed E-state index contributed by atoms with van der Waals surface area (Å²) in [7, 11) is 1.40. The molecule has 0 bridgehead atoms. The fourth-order valence-electron chi connectivity index (χ4n) is 2.03. The van der Waals surface area contributed by atoms with Gasteiger partial charge in [-0.15, -0.1) is 11.8 Å². The highest BCUT2D eigenvalue weighted by Gasteiger charge is 2.17. The molecule has 0 aliphatic rings. The number of nitrogens with two attached hydrogens (primary N) is 1. The number of rotatable bonds is 8. The summed E-state index contributed by atoms with van der Waals surface area (Å²) in [4.78, 5) is 25.0. The number of amides is 1. The first kappa shape index (κ1) is 19.9. The van der Waals surface area contributed by atoms with Crippen molar-refractivity contribution in [2.45, 2.75) is 4.90 Å². The molecule has 6 nitrogen and oxygen atoms in total. The van der Waals surface area contributed by atoms with E-state index in [0.717, 1.165) is 4.90 Å². The first-order valence-corrected chi connectivity index (χ1v) is 9.12. The molecule has 26 heavy (non-hydrogen) atoms. The van der Waals surface area contributed by atoms with Gasteiger partial charge >= 0.3 is 5.97 Å². The highest BCUT2D eigenvalue weighted by Crippen LogP contribution is 2.29. The topological polar surface area (TPSA) is 90.7 Å². The van der Waals surface area contributed by atoms with E-state index in [-0.39, 0.29) is 34.5 Å². The lowest BCUT2D eigenvalue weighted by molar-refractivity contribution is -0.124. The lowest BCUT2D eigenvalue weighted by atomic mass is 10.2. The molecule has 0 radical (unpaired) electrons. The fourth-order valence-corrected chi connectivity index (χ4v) is 2.99. The van der Waals surface area contributed by atoms with Crippen LogP contribution in [0.4, 0.5) is 5.69 Å². The number of thioether (sulfide) groups is 1. The molecule has 0 aliphatic carbocycles. The van der Waals surface area contributed by atoms with Crippen molar-refractivity contribution >= 4 is 40.9 Å². The molecule has 2 rings (SSSR count). The van der Waals surface area contributed by atoms with E-state index in [0.29, 0.717) is 12.3 Å². The Bertz CT molecular complexity index is 771. The Morgan fingerprint density at radius 2 is 1.96 bits per heavy atom. The zero-order chi connectivity index (χ0) is 18.9. The monoisotopic (exact) mass is 394 g/mol. The molecule has 0 atom stereocenters. The van der Waals surface area contributed by atoms with Gasteiger partial charge in [-0.25, -0.2) is 4.79 Å². The van der Waals surface area contributed by atoms with Crippen molar-refractivity contribution in [3.8, 4) is 5.75 Å². The number of halogens is 1. The van der Waals surface area contributed by atoms with Gasteiger partial charge in [0.25, 0.3) is 5.91 Å². The summed E-state index contributed by atoms with van der Waals surface area (Å²) in [5.41, 5.74) is 6.06. The maximum atomic E-state index is 12.1. The number of carbonyl (C=O) groups is 2. The van der Waals surface area contributed by atoms with E-state index in [1.165, 1.54) is 19.2 Å². The molecule has 8 heteroatoms. The first-order valence-electron chi connectivity index (χ1n) is 7.76. The average molecular weight is 395 g/mol. The van der Waals surface area contributed by atoms with Crippen LogP contribution < -0.4 is 15.8 Å². The maximum absolute atomic E-state index is 12.1. The van der Waals surface area contributed by atoms with Gasteiger partial charge in [-0.1, -0.05) is 29.8 Å². The number of hydrogen-bond donors (Lipinski definition) is 2. The van der Waals surface area contributed by atoms with Crippen LogP contribution in [0, 0.1) is 0 Å². The second-order valence-electron chi connectivity index (χ2n) is 5.16. The van der Waals surface area contributed by atoms with Crippen molar-refractivity contribution in [1.82, 2.24) is 5.32 Å². The minimum absolute atomic E-state index is 0.110. The summed E-state index contributed by atoms with van der Waals surface area (Å²) in [5, 5.41) is 2.90. The fraction of sp³-hybridized carbons (Fsp3) is 0.222. The molecule has 138 valence electrons. The van der Waals surface area contributed by atoms with E-state index in [4.69, 9.17) is 26.8 Å². The summed E-state index contributed by atoms with van der Waals surface area (Å²) in [6, 6.07) is 12.6. The van der Waals surface area contributed by atoms with Gasteiger partial charge in [-0.3, -0.25) is 4.79 Å². The number of benzene rings is 2. The summed E-state index contributed by atoms with van der Waals surface area (Å²) in [5.74, 6) is -0.146. The molecule has 0 unspecified atom stereocenters. The lowest BCUT2D eigenvalue weighted by Crippen LogP contribution is -2.30. The highest BCUT2D eigenvalue weighted by atomic mass is 35.5. The van der Waals surface area contributed by atoms with Crippen molar-refractivity contribution in [1.29, 1.82) is 0 Å². The van der Waals surface area contributed by atoms with E-state index in [9.17, 15) is 9.59 Å². The number of hydrogen-bond acceptors (Lipinski definition) is 6. The zero-order valence-corrected chi connectivity index (χ0v) is 15.7. The minimum Gasteiger partial charge on any atom is -0.496 e. The number of carbonyl (C=O) groups excluding carboxylic acids is 2. The Balaban J connectivity index is 1.76. The van der Waals surface area contributed by atoms with Crippen LogP contribution in [0.15, 0.2) is 47.4 Å². The molecule has 0 saturated carbocycles. The van der Waals surface area contributed by atoms with Crippen LogP contribution in [0.1, 0.15) is 10.4 Å². The summed E-state index contributed by atoms with van der Waals surface area (Å²) >= 11 is 7.54. The van der Waals surface area contributed by atoms with E-state index in [2.05, 4.69) is 5.32 Å². The Kier molecular flexibility index (Phi) is 7.62. The normalized spacial score (nSPS) is 10.2. The number of esters is 1. The zero-order valence-electron chi connectivity index (χ0n) is 14.2. The van der Waals surface area contributed by atoms with Crippen molar-refractivity contribution < 1.29 is 19.1 Å². The third kappa shape index (κ3) is 5.86. The standard InChI is InChI=1S/C18H19ClN2O4S/c1-24-16-10-15(20)14(19)9-13(16)18(23)25-11-17(22)21-7-8-26-12-5-3-2-4-6-12/h2-6,9-10H,7-8,11,20H2,1H3,(H,21,22). The number of anilines is 1. The largest absolute Gasteiger partial charge is 0.496 e. The van der Waals surface area contributed by atoms with E-state index >= 15 is 0 Å². The van der Waals surface area contributed by atoms with Crippen LogP contribution in [0.5, 0.6) is 5.75 Å². The molecule has 3 N–H and O–H groups in total. The van der Waals surface area contributed by atoms with Crippen LogP contribution >= 0.6 is 23.4 Å². The van der Waals surface area contributed by atoms with Gasteiger partial charge in [0.2, 0.25) is 0 Å². The first-order chi connectivity index (χ1) is 12.5. The predicted octanol–water partition coefficient (Wildman–Crippen LogP) is 3.00. The third-order valence-electron chi connectivity index (χ3n) is 3.31. The lowest BCUT2D eigenvalue weighted by Gasteiger charge is -2.11. The molecule has 2 aromatic carbocycles. The molecule has 1 amide bonds. The van der Waals surface area contributed by atoms with Crippen molar-refractivity contribution in [3.05, 3.63) is 53.1 Å². The molecular weight excluding hydrogens is 376 g/mol. The third-order valence-corrected chi connectivity index (χ3v) is 4.65. The molecule has 0 saturated heterocycles. The summed E-state index contributed by atoms with van der Waals surface area (Å²) in [6.45, 7) is 0.0763. The van der Waals surface area contributed by atoms with Gasteiger partial charge < -0.3 is 20.5 Å². The molecule has 0 fully saturated rings. The Morgan fingerprint density at radius 1 is 1.23 bits per heavy atom. The van der Waals surface area contributed by atoms with Gasteiger partial charge in [0.1, 0.15) is 11.3 Å². The van der Waals surface area contributed by atoms with E-state index in [1.54, 1.807) is 11.8 Å². The SMILES string of the molecule is COc1cc(N)c(Cl)cc1C(=O)OCC(=O)NCCSc1ccccc1. The van der Waals surface area contributed by atoms with Crippen molar-refractivity contribution in [3.63, 3.8) is 0 Å². The smallest absolute Gasteiger partial charge is 0.342 e. The van der Waals surface area contributed by atoms with Crippen LogP contribution in [-0.4, -0.2) is 37.9 Å². The van der Waals surface area contributed by atoms with Crippen LogP contribution in [0.2, 0.25) is 5.02 Å². The van der Waals surface area contributed by atoms with Crippen LogP contribution in [0.25, 0.3) is 0 Å². The van der Waals surface area contributed by atoms with Crippen molar-refractivity contribution in [2.24, 2.45) is 0 Å². The quantitative estimate of drug-likeness (QED) is 0.309. The second kappa shape index (κ2) is 9.94. The molecule has 0 spiro atoms. The molecule has 0 aliphatic heterocycles. The van der Waals surface area contributed by atoms with Gasteiger partial charge in [0.05, 0.1) is 17.8 Å². The van der Waals surface area contributed by atoms with Gasteiger partial charge in [-0.05, 0) is 18.2 Å². The minimum atomic E-state index is -0.711. The number of ether oxygens (including phenoxy) is 2. The van der Waals surface area contributed by atoms with E-state index < -0.39 is 5.97 Å². The number of methoxy groups -OCH3 is 1. The summed E-state index contributed by atoms with van der Waals surface area (Å²) < 4.78 is 10.1. The van der Waals surface area contributed by atoms with Crippen molar-refractivity contribution in [2.75, 3.05) is 31.7 Å². The second-order valence-corrected chi connectivity index (χ2v) is 6.74. The summed E-state index contributed by atoms with van der Waals surface area (Å²) in [6.07, 6.45) is 0. The Morgan fingerprint density at radius 3 is 2.65 bits per heavy atom. The number of nitrogens with one attached hydrogen (secondary N) is 1. The number of nitrogen functional groups attached to an aromatic ring is 1. The molecule has 2 aromatic rings. The molecular formula is C18H19ClN2O4S. The average Bonchev–Trinajstić information content (AvgIpc) is 2.66. The van der Waals surface area contributed by atoms with Gasteiger partial charge in [-0.2, -0.15) is 0 Å². The predicted molar refractivity (Wildman–Crippen MR) is 103 cm³/mol. The Labute approximate surface area is 161 Å².